The van der Waals surface area contributed by atoms with Crippen molar-refractivity contribution in [1.82, 2.24) is 4.98 Å². The van der Waals surface area contributed by atoms with Crippen LogP contribution in [-0.2, 0) is 0 Å². The Morgan fingerprint density at radius 3 is 2.69 bits per heavy atom. The molecule has 0 aliphatic heterocycles. The van der Waals surface area contributed by atoms with Gasteiger partial charge in [-0.05, 0) is 18.9 Å². The van der Waals surface area contributed by atoms with Crippen LogP contribution in [0.15, 0.2) is 12.3 Å². The average molecular weight is 197 g/mol. The summed E-state index contributed by atoms with van der Waals surface area (Å²) in [6.45, 7) is 0. The molecule has 70 valence electrons. The minimum absolute atomic E-state index is 0.563. The van der Waals surface area contributed by atoms with Crippen LogP contribution in [0.2, 0.25) is 5.02 Å². The van der Waals surface area contributed by atoms with Crippen molar-refractivity contribution in [1.29, 1.82) is 0 Å². The van der Waals surface area contributed by atoms with Crippen LogP contribution in [0.3, 0.4) is 0 Å². The molecule has 0 bridgehead atoms. The molecular weight excluding hydrogens is 184 g/mol. The number of anilines is 1. The molecule has 1 aliphatic carbocycles. The Morgan fingerprint density at radius 2 is 2.08 bits per heavy atom. The van der Waals surface area contributed by atoms with Gasteiger partial charge >= 0.3 is 0 Å². The van der Waals surface area contributed by atoms with Gasteiger partial charge in [0, 0.05) is 5.92 Å². The van der Waals surface area contributed by atoms with E-state index in [9.17, 15) is 0 Å². The second-order valence-electron chi connectivity index (χ2n) is 3.62. The van der Waals surface area contributed by atoms with Gasteiger partial charge in [0.2, 0.25) is 0 Å². The predicted molar refractivity (Wildman–Crippen MR) is 54.9 cm³/mol. The summed E-state index contributed by atoms with van der Waals surface area (Å²) in [5, 5.41) is 0.729. The molecule has 0 saturated heterocycles. The average Bonchev–Trinajstić information content (AvgIpc) is 2.56. The third-order valence-electron chi connectivity index (χ3n) is 2.63. The minimum Gasteiger partial charge on any atom is -0.397 e. The van der Waals surface area contributed by atoms with Gasteiger partial charge in [-0.2, -0.15) is 0 Å². The van der Waals surface area contributed by atoms with Crippen molar-refractivity contribution >= 4 is 17.3 Å². The highest BCUT2D eigenvalue weighted by Crippen LogP contribution is 2.36. The minimum atomic E-state index is 0.563. The van der Waals surface area contributed by atoms with Crippen molar-refractivity contribution in [2.45, 2.75) is 31.6 Å². The summed E-state index contributed by atoms with van der Waals surface area (Å²) in [4.78, 5) is 4.30. The van der Waals surface area contributed by atoms with Crippen LogP contribution in [0.4, 0.5) is 5.69 Å². The van der Waals surface area contributed by atoms with Gasteiger partial charge in [0.15, 0.2) is 0 Å². The first-order valence-corrected chi connectivity index (χ1v) is 5.06. The first-order valence-electron chi connectivity index (χ1n) is 4.68. The highest BCUT2D eigenvalue weighted by Gasteiger charge is 2.20. The number of nitrogens with two attached hydrogens (primary N) is 1. The lowest BCUT2D eigenvalue weighted by atomic mass is 10.0. The molecule has 13 heavy (non-hydrogen) atoms. The number of hydrogen-bond donors (Lipinski definition) is 1. The zero-order valence-electron chi connectivity index (χ0n) is 7.46. The number of pyridine rings is 1. The van der Waals surface area contributed by atoms with Crippen LogP contribution in [0.1, 0.15) is 37.3 Å². The standard InChI is InChI=1S/C10H13ClN2/c11-9-5-8(12)6-13-10(9)7-3-1-2-4-7/h5-7H,1-4,12H2. The summed E-state index contributed by atoms with van der Waals surface area (Å²) < 4.78 is 0. The number of aromatic nitrogens is 1. The Bertz CT molecular complexity index is 306. The molecule has 0 amide bonds. The van der Waals surface area contributed by atoms with Gasteiger partial charge in [-0.1, -0.05) is 24.4 Å². The topological polar surface area (TPSA) is 38.9 Å². The Kier molecular flexibility index (Phi) is 2.40. The van der Waals surface area contributed by atoms with Gasteiger partial charge in [0.1, 0.15) is 0 Å². The van der Waals surface area contributed by atoms with E-state index in [1.54, 1.807) is 12.3 Å². The molecule has 1 saturated carbocycles. The van der Waals surface area contributed by atoms with Gasteiger partial charge in [-0.3, -0.25) is 4.98 Å². The first-order chi connectivity index (χ1) is 6.27. The molecule has 0 radical (unpaired) electrons. The van der Waals surface area contributed by atoms with Crippen LogP contribution in [0.5, 0.6) is 0 Å². The Balaban J connectivity index is 2.29. The van der Waals surface area contributed by atoms with E-state index in [0.29, 0.717) is 11.6 Å². The maximum Gasteiger partial charge on any atom is 0.0644 e. The predicted octanol–water partition coefficient (Wildman–Crippen LogP) is 2.97. The molecule has 2 rings (SSSR count). The molecular formula is C10H13ClN2. The second kappa shape index (κ2) is 3.54. The molecule has 2 nitrogen and oxygen atoms in total. The lowest BCUT2D eigenvalue weighted by Crippen LogP contribution is -1.98. The number of rotatable bonds is 1. The normalized spacial score (nSPS) is 17.9. The Morgan fingerprint density at radius 1 is 1.38 bits per heavy atom. The van der Waals surface area contributed by atoms with Crippen molar-refractivity contribution in [2.75, 3.05) is 5.73 Å². The molecule has 3 heteroatoms. The monoisotopic (exact) mass is 196 g/mol. The van der Waals surface area contributed by atoms with Crippen LogP contribution < -0.4 is 5.73 Å². The van der Waals surface area contributed by atoms with Crippen molar-refractivity contribution in [3.05, 3.63) is 23.0 Å². The fourth-order valence-corrected chi connectivity index (χ4v) is 2.29. The van der Waals surface area contributed by atoms with Crippen molar-refractivity contribution in [2.24, 2.45) is 0 Å². The zero-order chi connectivity index (χ0) is 9.26. The molecule has 0 atom stereocenters. The summed E-state index contributed by atoms with van der Waals surface area (Å²) in [6, 6.07) is 1.79. The van der Waals surface area contributed by atoms with E-state index in [1.165, 1.54) is 25.7 Å². The highest BCUT2D eigenvalue weighted by atomic mass is 35.5. The molecule has 2 N–H and O–H groups in total. The number of nitrogens with zero attached hydrogens (tertiary/aromatic N) is 1. The van der Waals surface area contributed by atoms with Crippen LogP contribution in [0, 0.1) is 0 Å². The van der Waals surface area contributed by atoms with Crippen LogP contribution in [-0.4, -0.2) is 4.98 Å². The van der Waals surface area contributed by atoms with E-state index in [2.05, 4.69) is 4.98 Å². The summed E-state index contributed by atoms with van der Waals surface area (Å²) in [5.41, 5.74) is 7.26. The third kappa shape index (κ3) is 1.78. The SMILES string of the molecule is Nc1cnc(C2CCCC2)c(Cl)c1. The lowest BCUT2D eigenvalue weighted by molar-refractivity contribution is 0.698. The van der Waals surface area contributed by atoms with Gasteiger partial charge in [0.25, 0.3) is 0 Å². The van der Waals surface area contributed by atoms with Crippen molar-refractivity contribution in [3.8, 4) is 0 Å². The van der Waals surface area contributed by atoms with E-state index in [0.717, 1.165) is 10.7 Å². The maximum absolute atomic E-state index is 6.07. The zero-order valence-corrected chi connectivity index (χ0v) is 8.22. The smallest absolute Gasteiger partial charge is 0.0644 e. The number of nitrogen functional groups attached to an aromatic ring is 1. The van der Waals surface area contributed by atoms with Crippen molar-refractivity contribution in [3.63, 3.8) is 0 Å². The van der Waals surface area contributed by atoms with Crippen LogP contribution >= 0.6 is 11.6 Å². The quantitative estimate of drug-likeness (QED) is 0.750. The Hall–Kier alpha value is -0.760. The van der Waals surface area contributed by atoms with Gasteiger partial charge in [-0.25, -0.2) is 0 Å². The summed E-state index contributed by atoms with van der Waals surface area (Å²) in [7, 11) is 0. The third-order valence-corrected chi connectivity index (χ3v) is 2.94. The van der Waals surface area contributed by atoms with Gasteiger partial charge < -0.3 is 5.73 Å². The van der Waals surface area contributed by atoms with Gasteiger partial charge in [0.05, 0.1) is 22.6 Å². The summed E-state index contributed by atoms with van der Waals surface area (Å²) >= 11 is 6.07. The molecule has 0 unspecified atom stereocenters. The molecule has 1 aliphatic rings. The highest BCUT2D eigenvalue weighted by molar-refractivity contribution is 6.31. The van der Waals surface area contributed by atoms with E-state index >= 15 is 0 Å². The van der Waals surface area contributed by atoms with E-state index < -0.39 is 0 Å². The van der Waals surface area contributed by atoms with E-state index in [-0.39, 0.29) is 0 Å². The lowest BCUT2D eigenvalue weighted by Gasteiger charge is -2.10. The van der Waals surface area contributed by atoms with Gasteiger partial charge in [-0.15, -0.1) is 0 Å². The maximum atomic E-state index is 6.07. The fraction of sp³-hybridized carbons (Fsp3) is 0.500. The van der Waals surface area contributed by atoms with E-state index in [4.69, 9.17) is 17.3 Å². The molecule has 0 spiro atoms. The molecule has 0 aromatic carbocycles. The molecule has 1 aromatic rings. The molecule has 1 aromatic heterocycles. The molecule has 1 fully saturated rings. The molecule has 1 heterocycles. The first kappa shape index (κ1) is 8.82. The Labute approximate surface area is 83.1 Å². The second-order valence-corrected chi connectivity index (χ2v) is 4.02. The summed E-state index contributed by atoms with van der Waals surface area (Å²) in [5.74, 6) is 0.563. The number of halogens is 1. The van der Waals surface area contributed by atoms with Crippen molar-refractivity contribution < 1.29 is 0 Å². The van der Waals surface area contributed by atoms with Crippen LogP contribution in [0.25, 0.3) is 0 Å². The van der Waals surface area contributed by atoms with E-state index in [1.807, 2.05) is 0 Å². The largest absolute Gasteiger partial charge is 0.397 e. The number of hydrogen-bond acceptors (Lipinski definition) is 2. The summed E-state index contributed by atoms with van der Waals surface area (Å²) in [6.07, 6.45) is 6.73. The fourth-order valence-electron chi connectivity index (χ4n) is 1.96.